The number of nitrogens with one attached hydrogen (secondary N) is 2. The van der Waals surface area contributed by atoms with Crippen molar-refractivity contribution in [2.45, 2.75) is 19.5 Å². The summed E-state index contributed by atoms with van der Waals surface area (Å²) in [6.07, 6.45) is -3.15. The van der Waals surface area contributed by atoms with Gasteiger partial charge < -0.3 is 15.4 Å². The number of alkyl halides is 3. The summed E-state index contributed by atoms with van der Waals surface area (Å²) in [5, 5.41) is 5.43. The molecule has 0 aliphatic heterocycles. The first-order valence-corrected chi connectivity index (χ1v) is 8.82. The second kappa shape index (κ2) is 8.76. The first-order valence-electron chi connectivity index (χ1n) is 8.82. The second-order valence-electron chi connectivity index (χ2n) is 6.09. The van der Waals surface area contributed by atoms with Gasteiger partial charge in [0.1, 0.15) is 22.9 Å². The summed E-state index contributed by atoms with van der Waals surface area (Å²) in [7, 11) is 0. The summed E-state index contributed by atoms with van der Waals surface area (Å²) in [6.45, 7) is 2.45. The number of aromatic nitrogens is 2. The third kappa shape index (κ3) is 5.56. The predicted octanol–water partition coefficient (Wildman–Crippen LogP) is 5.91. The maximum atomic E-state index is 13.4. The van der Waals surface area contributed by atoms with E-state index >= 15 is 0 Å². The average molecular weight is 406 g/mol. The van der Waals surface area contributed by atoms with Crippen LogP contribution >= 0.6 is 0 Å². The number of ether oxygens (including phenoxy) is 1. The second-order valence-corrected chi connectivity index (χ2v) is 6.09. The Kier molecular flexibility index (Phi) is 6.16. The van der Waals surface area contributed by atoms with Crippen LogP contribution in [0.5, 0.6) is 5.75 Å². The third-order valence-electron chi connectivity index (χ3n) is 3.76. The fourth-order valence-corrected chi connectivity index (χ4v) is 2.43. The first-order chi connectivity index (χ1) is 13.8. The van der Waals surface area contributed by atoms with Crippen LogP contribution in [0.25, 0.3) is 0 Å². The van der Waals surface area contributed by atoms with Gasteiger partial charge in [0.2, 0.25) is 5.95 Å². The van der Waals surface area contributed by atoms with Gasteiger partial charge in [0.25, 0.3) is 0 Å². The lowest BCUT2D eigenvalue weighted by Gasteiger charge is -2.15. The van der Waals surface area contributed by atoms with E-state index in [4.69, 9.17) is 4.74 Å². The molecule has 0 spiro atoms. The molecule has 0 bridgehead atoms. The minimum absolute atomic E-state index is 0.0644. The van der Waals surface area contributed by atoms with Gasteiger partial charge in [-0.3, -0.25) is 0 Å². The van der Waals surface area contributed by atoms with E-state index in [2.05, 4.69) is 20.6 Å². The van der Waals surface area contributed by atoms with E-state index in [-0.39, 0.29) is 5.95 Å². The van der Waals surface area contributed by atoms with Crippen molar-refractivity contribution in [3.8, 4) is 5.75 Å². The van der Waals surface area contributed by atoms with Crippen LogP contribution in [0.15, 0.2) is 54.7 Å². The molecule has 0 saturated heterocycles. The van der Waals surface area contributed by atoms with Crippen molar-refractivity contribution >= 4 is 23.1 Å². The van der Waals surface area contributed by atoms with E-state index in [1.165, 1.54) is 24.3 Å². The third-order valence-corrected chi connectivity index (χ3v) is 3.76. The number of benzene rings is 2. The molecule has 0 saturated carbocycles. The molecule has 0 radical (unpaired) electrons. The molecule has 0 fully saturated rings. The van der Waals surface area contributed by atoms with Gasteiger partial charge >= 0.3 is 6.18 Å². The van der Waals surface area contributed by atoms with Crippen molar-refractivity contribution in [1.29, 1.82) is 0 Å². The largest absolute Gasteiger partial charge is 0.494 e. The summed E-state index contributed by atoms with van der Waals surface area (Å²) in [5.74, 6) is -0.379. The van der Waals surface area contributed by atoms with Gasteiger partial charge in [0, 0.05) is 23.6 Å². The number of hydrogen-bond donors (Lipinski definition) is 2. The predicted molar refractivity (Wildman–Crippen MR) is 102 cm³/mol. The van der Waals surface area contributed by atoms with E-state index in [0.717, 1.165) is 6.42 Å². The van der Waals surface area contributed by atoms with Crippen LogP contribution in [0.2, 0.25) is 0 Å². The van der Waals surface area contributed by atoms with Crippen LogP contribution in [-0.2, 0) is 6.18 Å². The molecule has 2 aromatic carbocycles. The molecule has 3 rings (SSSR count). The Labute approximate surface area is 164 Å². The van der Waals surface area contributed by atoms with Crippen LogP contribution in [0, 0.1) is 5.82 Å². The van der Waals surface area contributed by atoms with E-state index in [0.29, 0.717) is 29.9 Å². The molecule has 0 atom stereocenters. The Morgan fingerprint density at radius 1 is 1.00 bits per heavy atom. The maximum Gasteiger partial charge on any atom is 0.421 e. The van der Waals surface area contributed by atoms with Gasteiger partial charge in [-0.05, 0) is 42.8 Å². The summed E-state index contributed by atoms with van der Waals surface area (Å²) < 4.78 is 58.7. The maximum absolute atomic E-state index is 13.4. The highest BCUT2D eigenvalue weighted by molar-refractivity contribution is 5.63. The first kappa shape index (κ1) is 20.4. The van der Waals surface area contributed by atoms with Gasteiger partial charge in [-0.1, -0.05) is 13.0 Å². The molecule has 0 aliphatic rings. The normalized spacial score (nSPS) is 11.2. The number of halogens is 4. The average Bonchev–Trinajstić information content (AvgIpc) is 2.68. The molecule has 5 nitrogen and oxygen atoms in total. The SMILES string of the molecule is CCCOc1cccc(Nc2nc(Nc3ccc(F)cc3)ncc2C(F)(F)F)c1. The zero-order valence-corrected chi connectivity index (χ0v) is 15.4. The zero-order valence-electron chi connectivity index (χ0n) is 15.4. The highest BCUT2D eigenvalue weighted by atomic mass is 19.4. The minimum atomic E-state index is -4.65. The Morgan fingerprint density at radius 3 is 2.45 bits per heavy atom. The monoisotopic (exact) mass is 406 g/mol. The lowest BCUT2D eigenvalue weighted by Crippen LogP contribution is -2.12. The molecule has 152 valence electrons. The Hall–Kier alpha value is -3.36. The van der Waals surface area contributed by atoms with E-state index in [1.54, 1.807) is 24.3 Å². The zero-order chi connectivity index (χ0) is 20.9. The van der Waals surface area contributed by atoms with Gasteiger partial charge in [0.15, 0.2) is 0 Å². The number of hydrogen-bond acceptors (Lipinski definition) is 5. The van der Waals surface area contributed by atoms with Crippen LogP contribution in [0.4, 0.5) is 40.7 Å². The summed E-state index contributed by atoms with van der Waals surface area (Å²) in [4.78, 5) is 7.68. The van der Waals surface area contributed by atoms with E-state index in [9.17, 15) is 17.6 Å². The van der Waals surface area contributed by atoms with Crippen LogP contribution in [0.1, 0.15) is 18.9 Å². The van der Waals surface area contributed by atoms with Crippen molar-refractivity contribution in [1.82, 2.24) is 9.97 Å². The van der Waals surface area contributed by atoms with Crippen molar-refractivity contribution in [3.63, 3.8) is 0 Å². The summed E-state index contributed by atoms with van der Waals surface area (Å²) in [5.41, 5.74) is -0.190. The van der Waals surface area contributed by atoms with Gasteiger partial charge in [-0.25, -0.2) is 9.37 Å². The number of nitrogens with zero attached hydrogens (tertiary/aromatic N) is 2. The van der Waals surface area contributed by atoms with Crippen LogP contribution in [0.3, 0.4) is 0 Å². The lowest BCUT2D eigenvalue weighted by atomic mass is 10.2. The molecule has 3 aromatic rings. The molecule has 1 aromatic heterocycles. The smallest absolute Gasteiger partial charge is 0.421 e. The number of anilines is 4. The fraction of sp³-hybridized carbons (Fsp3) is 0.200. The van der Waals surface area contributed by atoms with E-state index in [1.807, 2.05) is 6.92 Å². The Balaban J connectivity index is 1.89. The van der Waals surface area contributed by atoms with E-state index < -0.39 is 23.4 Å². The van der Waals surface area contributed by atoms with Gasteiger partial charge in [-0.15, -0.1) is 0 Å². The molecule has 9 heteroatoms. The highest BCUT2D eigenvalue weighted by Gasteiger charge is 2.35. The van der Waals surface area contributed by atoms with Gasteiger partial charge in [0.05, 0.1) is 6.61 Å². The molecule has 29 heavy (non-hydrogen) atoms. The standard InChI is InChI=1S/C20H18F4N4O/c1-2-10-29-16-5-3-4-15(11-16)26-18-17(20(22,23)24)12-25-19(28-18)27-14-8-6-13(21)7-9-14/h3-9,11-12H,2,10H2,1H3,(H2,25,26,27,28). The molecular formula is C20H18F4N4O. The number of rotatable bonds is 7. The van der Waals surface area contributed by atoms with Crippen LogP contribution in [-0.4, -0.2) is 16.6 Å². The molecule has 0 aliphatic carbocycles. The molecule has 2 N–H and O–H groups in total. The summed E-state index contributed by atoms with van der Waals surface area (Å²) >= 11 is 0. The van der Waals surface area contributed by atoms with Crippen molar-refractivity contribution in [2.24, 2.45) is 0 Å². The topological polar surface area (TPSA) is 59.1 Å². The quantitative estimate of drug-likeness (QED) is 0.478. The summed E-state index contributed by atoms with van der Waals surface area (Å²) in [6, 6.07) is 11.9. The molecule has 1 heterocycles. The van der Waals surface area contributed by atoms with Gasteiger partial charge in [-0.2, -0.15) is 18.2 Å². The van der Waals surface area contributed by atoms with Crippen LogP contribution < -0.4 is 15.4 Å². The van der Waals surface area contributed by atoms with Crippen molar-refractivity contribution in [3.05, 3.63) is 66.1 Å². The van der Waals surface area contributed by atoms with Crippen molar-refractivity contribution in [2.75, 3.05) is 17.2 Å². The highest BCUT2D eigenvalue weighted by Crippen LogP contribution is 2.35. The Morgan fingerprint density at radius 2 is 1.76 bits per heavy atom. The van der Waals surface area contributed by atoms with Crippen molar-refractivity contribution < 1.29 is 22.3 Å². The Bertz CT molecular complexity index is 961. The molecular weight excluding hydrogens is 388 g/mol. The minimum Gasteiger partial charge on any atom is -0.494 e. The lowest BCUT2D eigenvalue weighted by molar-refractivity contribution is -0.137. The molecule has 0 unspecified atom stereocenters. The molecule has 0 amide bonds. The fourth-order valence-electron chi connectivity index (χ4n) is 2.43.